The molecule has 0 aromatic carbocycles. The highest BCUT2D eigenvalue weighted by Gasteiger charge is 2.39. The Morgan fingerprint density at radius 3 is 2.70 bits per heavy atom. The van der Waals surface area contributed by atoms with Gasteiger partial charge in [-0.15, -0.1) is 11.3 Å². The van der Waals surface area contributed by atoms with E-state index in [2.05, 4.69) is 15.8 Å². The lowest BCUT2D eigenvalue weighted by Crippen LogP contribution is -2.50. The molecule has 0 atom stereocenters. The van der Waals surface area contributed by atoms with Crippen molar-refractivity contribution >= 4 is 34.7 Å². The number of urea groups is 1. The quantitative estimate of drug-likeness (QED) is 0.877. The van der Waals surface area contributed by atoms with Crippen LogP contribution in [0.2, 0.25) is 4.34 Å². The second-order valence-corrected chi connectivity index (χ2v) is 7.16. The predicted molar refractivity (Wildman–Crippen MR) is 89.2 cm³/mol. The van der Waals surface area contributed by atoms with E-state index in [0.717, 1.165) is 11.3 Å². The Hall–Kier alpha value is -1.57. The molecule has 3 rings (SSSR count). The van der Waals surface area contributed by atoms with Gasteiger partial charge in [0.1, 0.15) is 9.88 Å². The number of ether oxygens (including phenoxy) is 1. The number of aromatic nitrogens is 1. The van der Waals surface area contributed by atoms with E-state index >= 15 is 0 Å². The lowest BCUT2D eigenvalue weighted by Gasteiger charge is -2.35. The first kappa shape index (κ1) is 16.3. The molecule has 2 aromatic heterocycles. The van der Waals surface area contributed by atoms with E-state index in [1.54, 1.807) is 0 Å². The summed E-state index contributed by atoms with van der Waals surface area (Å²) in [7, 11) is 0. The third-order valence-electron chi connectivity index (χ3n) is 3.97. The van der Waals surface area contributed by atoms with Crippen LogP contribution in [0.3, 0.4) is 0 Å². The number of nitrogens with one attached hydrogen (secondary N) is 2. The fraction of sp³-hybridized carbons (Fsp3) is 0.467. The van der Waals surface area contributed by atoms with Crippen LogP contribution in [0.25, 0.3) is 0 Å². The molecule has 0 unspecified atom stereocenters. The zero-order valence-electron chi connectivity index (χ0n) is 12.9. The second kappa shape index (κ2) is 6.51. The maximum Gasteiger partial charge on any atom is 0.320 e. The van der Waals surface area contributed by atoms with Crippen LogP contribution in [0.4, 0.5) is 10.5 Å². The molecular formula is C15H18ClN3O3S. The molecule has 1 aliphatic heterocycles. The second-order valence-electron chi connectivity index (χ2n) is 5.67. The van der Waals surface area contributed by atoms with Gasteiger partial charge in [-0.05, 0) is 24.8 Å². The number of amides is 2. The standard InChI is InChI=1S/C15H18ClN3O3S/c1-9-8-23-13(16)12(9)17-14(20)18-15(3-5-21-6-4-15)11-7-10(2)19-22-11/h7-8H,3-6H2,1-2H3,(H2,17,18,20). The SMILES string of the molecule is Cc1cc(C2(NC(=O)Nc3c(C)csc3Cl)CCOCC2)on1. The average molecular weight is 356 g/mol. The van der Waals surface area contributed by atoms with Gasteiger partial charge in [0, 0.05) is 32.1 Å². The zero-order chi connectivity index (χ0) is 16.4. The maximum atomic E-state index is 12.5. The molecule has 6 nitrogen and oxygen atoms in total. The van der Waals surface area contributed by atoms with Gasteiger partial charge < -0.3 is 19.9 Å². The molecule has 8 heteroatoms. The van der Waals surface area contributed by atoms with Crippen LogP contribution in [0.1, 0.15) is 29.9 Å². The van der Waals surface area contributed by atoms with Crippen LogP contribution in [-0.2, 0) is 10.3 Å². The molecule has 1 fully saturated rings. The number of carbonyl (C=O) groups is 1. The summed E-state index contributed by atoms with van der Waals surface area (Å²) in [6.45, 7) is 4.87. The zero-order valence-corrected chi connectivity index (χ0v) is 14.5. The normalized spacial score (nSPS) is 17.0. The van der Waals surface area contributed by atoms with E-state index in [9.17, 15) is 4.79 Å². The monoisotopic (exact) mass is 355 g/mol. The molecular weight excluding hydrogens is 338 g/mol. The minimum Gasteiger partial charge on any atom is -0.381 e. The average Bonchev–Trinajstić information content (AvgIpc) is 3.09. The number of rotatable bonds is 3. The van der Waals surface area contributed by atoms with Crippen molar-refractivity contribution in [3.05, 3.63) is 32.8 Å². The van der Waals surface area contributed by atoms with Gasteiger partial charge >= 0.3 is 6.03 Å². The molecule has 0 aliphatic carbocycles. The summed E-state index contributed by atoms with van der Waals surface area (Å²) >= 11 is 7.51. The molecule has 0 saturated carbocycles. The summed E-state index contributed by atoms with van der Waals surface area (Å²) < 4.78 is 11.4. The van der Waals surface area contributed by atoms with Gasteiger partial charge in [-0.3, -0.25) is 0 Å². The topological polar surface area (TPSA) is 76.4 Å². The van der Waals surface area contributed by atoms with Crippen molar-refractivity contribution in [3.8, 4) is 0 Å². The summed E-state index contributed by atoms with van der Waals surface area (Å²) in [6, 6.07) is 1.54. The molecule has 0 spiro atoms. The van der Waals surface area contributed by atoms with E-state index in [-0.39, 0.29) is 6.03 Å². The number of anilines is 1. The number of thiophene rings is 1. The molecule has 0 bridgehead atoms. The van der Waals surface area contributed by atoms with Crippen molar-refractivity contribution in [3.63, 3.8) is 0 Å². The van der Waals surface area contributed by atoms with Gasteiger partial charge in [0.25, 0.3) is 0 Å². The van der Waals surface area contributed by atoms with Crippen LogP contribution in [0.15, 0.2) is 16.0 Å². The number of aryl methyl sites for hydroxylation is 2. The molecule has 1 aliphatic rings. The van der Waals surface area contributed by atoms with E-state index in [1.807, 2.05) is 25.3 Å². The summed E-state index contributed by atoms with van der Waals surface area (Å²) in [4.78, 5) is 12.5. The fourth-order valence-electron chi connectivity index (χ4n) is 2.66. The number of hydrogen-bond acceptors (Lipinski definition) is 5. The third kappa shape index (κ3) is 3.36. The molecule has 3 heterocycles. The minimum absolute atomic E-state index is 0.315. The first-order valence-corrected chi connectivity index (χ1v) is 8.60. The molecule has 0 radical (unpaired) electrons. The highest BCUT2D eigenvalue weighted by Crippen LogP contribution is 2.34. The fourth-order valence-corrected chi connectivity index (χ4v) is 3.72. The highest BCUT2D eigenvalue weighted by atomic mass is 35.5. The van der Waals surface area contributed by atoms with Crippen LogP contribution in [-0.4, -0.2) is 24.4 Å². The van der Waals surface area contributed by atoms with E-state index in [0.29, 0.717) is 41.8 Å². The minimum atomic E-state index is -0.611. The van der Waals surface area contributed by atoms with E-state index < -0.39 is 5.54 Å². The Morgan fingerprint density at radius 2 is 2.13 bits per heavy atom. The molecule has 2 aromatic rings. The van der Waals surface area contributed by atoms with Gasteiger partial charge in [0.2, 0.25) is 0 Å². The van der Waals surface area contributed by atoms with Crippen LogP contribution >= 0.6 is 22.9 Å². The predicted octanol–water partition coefficient (Wildman–Crippen LogP) is 3.83. The van der Waals surface area contributed by atoms with Crippen molar-refractivity contribution in [1.29, 1.82) is 0 Å². The lowest BCUT2D eigenvalue weighted by molar-refractivity contribution is 0.0307. The number of halogens is 1. The van der Waals surface area contributed by atoms with Gasteiger partial charge in [-0.1, -0.05) is 16.8 Å². The number of nitrogens with zero attached hydrogens (tertiary/aromatic N) is 1. The number of hydrogen-bond donors (Lipinski definition) is 2. The Labute approximate surface area is 143 Å². The van der Waals surface area contributed by atoms with E-state index in [4.69, 9.17) is 20.9 Å². The van der Waals surface area contributed by atoms with Gasteiger partial charge in [0.05, 0.1) is 11.4 Å². The van der Waals surface area contributed by atoms with E-state index in [1.165, 1.54) is 11.3 Å². The smallest absolute Gasteiger partial charge is 0.320 e. The van der Waals surface area contributed by atoms with Crippen LogP contribution in [0.5, 0.6) is 0 Å². The van der Waals surface area contributed by atoms with Crippen molar-refractivity contribution < 1.29 is 14.1 Å². The van der Waals surface area contributed by atoms with Gasteiger partial charge in [-0.2, -0.15) is 0 Å². The number of carbonyl (C=O) groups excluding carboxylic acids is 1. The van der Waals surface area contributed by atoms with Crippen molar-refractivity contribution in [2.45, 2.75) is 32.2 Å². The largest absolute Gasteiger partial charge is 0.381 e. The Balaban J connectivity index is 1.80. The Morgan fingerprint density at radius 1 is 1.39 bits per heavy atom. The molecule has 2 amide bonds. The Bertz CT molecular complexity index is 687. The maximum absolute atomic E-state index is 12.5. The summed E-state index contributed by atoms with van der Waals surface area (Å²) in [5, 5.41) is 11.7. The van der Waals surface area contributed by atoms with Crippen molar-refractivity contribution in [2.75, 3.05) is 18.5 Å². The summed E-state index contributed by atoms with van der Waals surface area (Å²) in [5.74, 6) is 0.654. The lowest BCUT2D eigenvalue weighted by atomic mass is 9.87. The molecule has 124 valence electrons. The Kier molecular flexibility index (Phi) is 4.61. The van der Waals surface area contributed by atoms with Gasteiger partial charge in [0.15, 0.2) is 5.76 Å². The van der Waals surface area contributed by atoms with Crippen LogP contribution < -0.4 is 10.6 Å². The first-order valence-electron chi connectivity index (χ1n) is 7.34. The molecule has 2 N–H and O–H groups in total. The van der Waals surface area contributed by atoms with Crippen molar-refractivity contribution in [1.82, 2.24) is 10.5 Å². The molecule has 1 saturated heterocycles. The van der Waals surface area contributed by atoms with Crippen molar-refractivity contribution in [2.24, 2.45) is 0 Å². The van der Waals surface area contributed by atoms with Gasteiger partial charge in [-0.25, -0.2) is 4.79 Å². The highest BCUT2D eigenvalue weighted by molar-refractivity contribution is 7.15. The third-order valence-corrected chi connectivity index (χ3v) is 5.31. The summed E-state index contributed by atoms with van der Waals surface area (Å²) in [6.07, 6.45) is 1.26. The molecule has 23 heavy (non-hydrogen) atoms. The summed E-state index contributed by atoms with van der Waals surface area (Å²) in [5.41, 5.74) is 1.75. The first-order chi connectivity index (χ1) is 11.0. The van der Waals surface area contributed by atoms with Crippen LogP contribution in [0, 0.1) is 13.8 Å².